The molecular weight excluding hydrogens is 242 g/mol. The van der Waals surface area contributed by atoms with Crippen molar-refractivity contribution >= 4 is 82.2 Å². The van der Waals surface area contributed by atoms with Crippen LogP contribution in [0.4, 0.5) is 0 Å². The van der Waals surface area contributed by atoms with Crippen molar-refractivity contribution in [1.29, 1.82) is 0 Å². The van der Waals surface area contributed by atoms with Crippen LogP contribution in [-0.2, 0) is 15.0 Å². The van der Waals surface area contributed by atoms with E-state index in [0.717, 1.165) is 0 Å². The number of rotatable bonds is 4. The SMILES string of the molecule is CCC(C(=O)O)(C(=O)O)c1ccccc1.[KH].[LiH]. The molecule has 0 spiro atoms. The first-order valence-corrected chi connectivity index (χ1v) is 4.58. The van der Waals surface area contributed by atoms with Crippen molar-refractivity contribution in [3.8, 4) is 0 Å². The number of aliphatic carboxylic acids is 2. The monoisotopic (exact) mass is 256 g/mol. The molecule has 0 saturated carbocycles. The van der Waals surface area contributed by atoms with Crippen LogP contribution in [0.15, 0.2) is 30.3 Å². The van der Waals surface area contributed by atoms with E-state index in [9.17, 15) is 9.59 Å². The molecule has 6 heteroatoms. The molecule has 0 saturated heterocycles. The Morgan fingerprint density at radius 3 is 1.82 bits per heavy atom. The van der Waals surface area contributed by atoms with Gasteiger partial charge in [0.2, 0.25) is 0 Å². The summed E-state index contributed by atoms with van der Waals surface area (Å²) in [7, 11) is 0. The maximum absolute atomic E-state index is 11.1. The Morgan fingerprint density at radius 2 is 1.53 bits per heavy atom. The van der Waals surface area contributed by atoms with Crippen LogP contribution >= 0.6 is 0 Å². The van der Waals surface area contributed by atoms with Gasteiger partial charge in [0.25, 0.3) is 0 Å². The molecule has 0 amide bonds. The number of carboxylic acids is 2. The number of benzene rings is 1. The Balaban J connectivity index is 0. The van der Waals surface area contributed by atoms with Crippen LogP contribution in [0.3, 0.4) is 0 Å². The van der Waals surface area contributed by atoms with Crippen molar-refractivity contribution in [2.75, 3.05) is 0 Å². The normalized spacial score (nSPS) is 9.71. The number of carboxylic acid groups (broad SMARTS) is 2. The molecular formula is C11H14KLiO4. The van der Waals surface area contributed by atoms with Crippen LogP contribution in [0.1, 0.15) is 18.9 Å². The second-order valence-electron chi connectivity index (χ2n) is 3.24. The van der Waals surface area contributed by atoms with Gasteiger partial charge >= 0.3 is 82.2 Å². The van der Waals surface area contributed by atoms with Crippen LogP contribution in [0, 0.1) is 0 Å². The molecule has 0 heterocycles. The first-order chi connectivity index (χ1) is 7.05. The average Bonchev–Trinajstić information content (AvgIpc) is 2.20. The third-order valence-corrected chi connectivity index (χ3v) is 2.53. The Hall–Kier alpha value is 0.394. The zero-order valence-electron chi connectivity index (χ0n) is 8.30. The van der Waals surface area contributed by atoms with Gasteiger partial charge in [0, 0.05) is 0 Å². The molecule has 0 unspecified atom stereocenters. The van der Waals surface area contributed by atoms with Crippen molar-refractivity contribution in [3.05, 3.63) is 35.9 Å². The minimum atomic E-state index is -1.83. The molecule has 0 atom stereocenters. The van der Waals surface area contributed by atoms with Crippen molar-refractivity contribution in [2.24, 2.45) is 0 Å². The number of hydrogen-bond donors (Lipinski definition) is 2. The Kier molecular flexibility index (Phi) is 9.85. The summed E-state index contributed by atoms with van der Waals surface area (Å²) in [5, 5.41) is 18.1. The van der Waals surface area contributed by atoms with Crippen molar-refractivity contribution in [1.82, 2.24) is 0 Å². The summed E-state index contributed by atoms with van der Waals surface area (Å²) in [5.41, 5.74) is -1.53. The fraction of sp³-hybridized carbons (Fsp3) is 0.273. The van der Waals surface area contributed by atoms with Crippen LogP contribution in [0.2, 0.25) is 0 Å². The molecule has 0 bridgehead atoms. The maximum atomic E-state index is 11.1. The van der Waals surface area contributed by atoms with Gasteiger partial charge in [0.1, 0.15) is 0 Å². The molecule has 1 rings (SSSR count). The number of carbonyl (C=O) groups is 2. The number of hydrogen-bond acceptors (Lipinski definition) is 2. The topological polar surface area (TPSA) is 74.6 Å². The Labute approximate surface area is 154 Å². The van der Waals surface area contributed by atoms with Gasteiger partial charge in [-0.1, -0.05) is 37.3 Å². The Bertz CT molecular complexity index is 366. The molecule has 2 N–H and O–H groups in total. The molecule has 0 aliphatic rings. The van der Waals surface area contributed by atoms with Gasteiger partial charge in [-0.15, -0.1) is 0 Å². The van der Waals surface area contributed by atoms with E-state index in [2.05, 4.69) is 0 Å². The van der Waals surface area contributed by atoms with Crippen LogP contribution in [0.25, 0.3) is 0 Å². The van der Waals surface area contributed by atoms with Gasteiger partial charge < -0.3 is 10.2 Å². The average molecular weight is 256 g/mol. The van der Waals surface area contributed by atoms with E-state index < -0.39 is 17.4 Å². The van der Waals surface area contributed by atoms with Crippen molar-refractivity contribution in [2.45, 2.75) is 18.8 Å². The van der Waals surface area contributed by atoms with Crippen LogP contribution in [0.5, 0.6) is 0 Å². The molecule has 84 valence electrons. The molecule has 0 aromatic heterocycles. The summed E-state index contributed by atoms with van der Waals surface area (Å²) < 4.78 is 0. The standard InChI is InChI=1S/C11H12O4.K.Li.2H/c1-2-11(9(12)13,10(14)15)8-6-4-3-5-7-8;;;;/h3-7H,2H2,1H3,(H,12,13)(H,14,15);;;;. The van der Waals surface area contributed by atoms with Crippen molar-refractivity contribution < 1.29 is 19.8 Å². The quantitative estimate of drug-likeness (QED) is 0.596. The summed E-state index contributed by atoms with van der Waals surface area (Å²) >= 11 is 0. The zero-order valence-corrected chi connectivity index (χ0v) is 8.30. The summed E-state index contributed by atoms with van der Waals surface area (Å²) in [5.74, 6) is -2.66. The predicted molar refractivity (Wildman–Crippen MR) is 68.0 cm³/mol. The van der Waals surface area contributed by atoms with Gasteiger partial charge in [-0.2, -0.15) is 0 Å². The van der Waals surface area contributed by atoms with E-state index in [0.29, 0.717) is 5.56 Å². The van der Waals surface area contributed by atoms with E-state index in [1.807, 2.05) is 0 Å². The zero-order chi connectivity index (χ0) is 11.5. The van der Waals surface area contributed by atoms with Crippen LogP contribution in [-0.4, -0.2) is 92.4 Å². The summed E-state index contributed by atoms with van der Waals surface area (Å²) in [6, 6.07) is 8.02. The fourth-order valence-corrected chi connectivity index (χ4v) is 1.57. The molecule has 17 heavy (non-hydrogen) atoms. The summed E-state index contributed by atoms with van der Waals surface area (Å²) in [4.78, 5) is 22.2. The van der Waals surface area contributed by atoms with Gasteiger partial charge in [-0.05, 0) is 12.0 Å². The predicted octanol–water partition coefficient (Wildman–Crippen LogP) is 0.207. The van der Waals surface area contributed by atoms with E-state index >= 15 is 0 Å². The summed E-state index contributed by atoms with van der Waals surface area (Å²) in [6.07, 6.45) is 0.0156. The van der Waals surface area contributed by atoms with Gasteiger partial charge in [0.05, 0.1) is 0 Å². The van der Waals surface area contributed by atoms with E-state index in [1.165, 1.54) is 12.1 Å². The molecule has 0 aliphatic heterocycles. The molecule has 0 radical (unpaired) electrons. The second kappa shape index (κ2) is 8.49. The van der Waals surface area contributed by atoms with Crippen LogP contribution < -0.4 is 0 Å². The molecule has 0 aliphatic carbocycles. The summed E-state index contributed by atoms with van der Waals surface area (Å²) in [6.45, 7) is 1.55. The van der Waals surface area contributed by atoms with Gasteiger partial charge in [-0.25, -0.2) is 0 Å². The third-order valence-electron chi connectivity index (χ3n) is 2.53. The fourth-order valence-electron chi connectivity index (χ4n) is 1.57. The molecule has 1 aromatic rings. The van der Waals surface area contributed by atoms with Gasteiger partial charge in [0.15, 0.2) is 5.41 Å². The van der Waals surface area contributed by atoms with Gasteiger partial charge in [-0.3, -0.25) is 9.59 Å². The van der Waals surface area contributed by atoms with E-state index in [-0.39, 0.29) is 76.7 Å². The molecule has 1 aromatic carbocycles. The van der Waals surface area contributed by atoms with Crippen molar-refractivity contribution in [3.63, 3.8) is 0 Å². The van der Waals surface area contributed by atoms with E-state index in [4.69, 9.17) is 10.2 Å². The second-order valence-corrected chi connectivity index (χ2v) is 3.24. The first-order valence-electron chi connectivity index (χ1n) is 4.58. The molecule has 4 nitrogen and oxygen atoms in total. The first kappa shape index (κ1) is 19.7. The minimum absolute atomic E-state index is 0. The molecule has 0 fully saturated rings. The third kappa shape index (κ3) is 3.93. The van der Waals surface area contributed by atoms with E-state index in [1.54, 1.807) is 25.1 Å². The Morgan fingerprint density at radius 1 is 1.12 bits per heavy atom.